The van der Waals surface area contributed by atoms with Crippen molar-refractivity contribution in [2.45, 2.75) is 6.42 Å². The average Bonchev–Trinajstić information content (AvgIpc) is 2.27. The summed E-state index contributed by atoms with van der Waals surface area (Å²) in [7, 11) is 0. The van der Waals surface area contributed by atoms with E-state index in [0.29, 0.717) is 6.42 Å². The first-order chi connectivity index (χ1) is 8.31. The number of carbonyl (C=O) groups is 3. The van der Waals surface area contributed by atoms with E-state index in [9.17, 15) is 14.4 Å². The van der Waals surface area contributed by atoms with Crippen molar-refractivity contribution in [3.8, 4) is 0 Å². The number of hydrogen-bond donors (Lipinski definition) is 4. The van der Waals surface area contributed by atoms with Gasteiger partial charge < -0.3 is 22.3 Å². The summed E-state index contributed by atoms with van der Waals surface area (Å²) in [6.45, 7) is 2.80. The minimum absolute atomic E-state index is 0.0417. The van der Waals surface area contributed by atoms with Gasteiger partial charge in [-0.3, -0.25) is 14.4 Å². The molecule has 0 aliphatic rings. The maximum absolute atomic E-state index is 10.1. The van der Waals surface area contributed by atoms with Gasteiger partial charge >= 0.3 is 0 Å². The van der Waals surface area contributed by atoms with Crippen LogP contribution in [0.5, 0.6) is 0 Å². The van der Waals surface area contributed by atoms with Crippen molar-refractivity contribution < 1.29 is 19.5 Å². The molecule has 18 heavy (non-hydrogen) atoms. The van der Waals surface area contributed by atoms with Crippen molar-refractivity contribution in [1.29, 1.82) is 0 Å². The summed E-state index contributed by atoms with van der Waals surface area (Å²) in [5.74, 6) is -1.66. The third-order valence-electron chi connectivity index (χ3n) is 1.38. The molecule has 0 aromatic rings. The molecule has 3 amide bonds. The Bertz CT molecular complexity index is 350. The lowest BCUT2D eigenvalue weighted by molar-refractivity contribution is -0.115. The number of aliphatic hydroxyl groups is 1. The molecule has 7 heteroatoms. The first-order valence-electron chi connectivity index (χ1n) is 4.81. The smallest absolute Gasteiger partial charge is 0.246 e. The van der Waals surface area contributed by atoms with Gasteiger partial charge in [-0.2, -0.15) is 0 Å². The second-order valence-electron chi connectivity index (χ2n) is 2.97. The second kappa shape index (κ2) is 11.1. The summed E-state index contributed by atoms with van der Waals surface area (Å²) in [6, 6.07) is 0. The van der Waals surface area contributed by atoms with Crippen LogP contribution < -0.4 is 17.2 Å². The van der Waals surface area contributed by atoms with Gasteiger partial charge in [0, 0.05) is 5.57 Å². The molecule has 7 nitrogen and oxygen atoms in total. The molecule has 0 radical (unpaired) electrons. The van der Waals surface area contributed by atoms with E-state index in [-0.39, 0.29) is 12.2 Å². The van der Waals surface area contributed by atoms with Crippen molar-refractivity contribution in [3.63, 3.8) is 0 Å². The first kappa shape index (κ1) is 18.0. The Kier molecular flexibility index (Phi) is 11.1. The van der Waals surface area contributed by atoms with E-state index in [2.05, 4.69) is 12.3 Å². The van der Waals surface area contributed by atoms with Crippen LogP contribution in [0.1, 0.15) is 6.42 Å². The fraction of sp³-hybridized carbons (Fsp3) is 0.182. The lowest BCUT2D eigenvalue weighted by Crippen LogP contribution is -2.14. The van der Waals surface area contributed by atoms with E-state index < -0.39 is 17.7 Å². The molecular weight excluding hydrogens is 238 g/mol. The Morgan fingerprint density at radius 2 is 1.39 bits per heavy atom. The van der Waals surface area contributed by atoms with Gasteiger partial charge in [-0.25, -0.2) is 0 Å². The van der Waals surface area contributed by atoms with Gasteiger partial charge in [0.05, 0.1) is 6.61 Å². The molecular formula is C11H17N3O4. The zero-order chi connectivity index (χ0) is 14.6. The number of nitrogens with two attached hydrogens (primary N) is 3. The summed E-state index contributed by atoms with van der Waals surface area (Å²) in [6.07, 6.45) is 6.02. The highest BCUT2D eigenvalue weighted by Crippen LogP contribution is 1.84. The standard InChI is InChI=1S/C7H10N2O2.C4H7NO2/c8-6(10)4-2-1-3-5-7(9)11;1-3(2-6)4(5)7/h2-5H,1H2,(H2,8,10)(H2,9,11);6H,1-2H2,(H2,5,7). The zero-order valence-electron chi connectivity index (χ0n) is 9.83. The van der Waals surface area contributed by atoms with E-state index in [0.717, 1.165) is 0 Å². The third-order valence-corrected chi connectivity index (χ3v) is 1.38. The molecule has 0 atom stereocenters. The van der Waals surface area contributed by atoms with Crippen molar-refractivity contribution >= 4 is 17.7 Å². The van der Waals surface area contributed by atoms with Gasteiger partial charge in [-0.15, -0.1) is 0 Å². The van der Waals surface area contributed by atoms with Crippen LogP contribution in [0.2, 0.25) is 0 Å². The molecule has 0 aliphatic heterocycles. The Morgan fingerprint density at radius 1 is 1.00 bits per heavy atom. The van der Waals surface area contributed by atoms with Crippen LogP contribution in [-0.4, -0.2) is 29.4 Å². The first-order valence-corrected chi connectivity index (χ1v) is 4.81. The number of allylic oxidation sites excluding steroid dienone is 2. The molecule has 100 valence electrons. The van der Waals surface area contributed by atoms with E-state index in [1.807, 2.05) is 0 Å². The van der Waals surface area contributed by atoms with Crippen LogP contribution in [0.25, 0.3) is 0 Å². The van der Waals surface area contributed by atoms with E-state index in [1.54, 1.807) is 12.2 Å². The Morgan fingerprint density at radius 3 is 1.56 bits per heavy atom. The average molecular weight is 255 g/mol. The number of aliphatic hydroxyl groups excluding tert-OH is 1. The Labute approximate surface area is 105 Å². The largest absolute Gasteiger partial charge is 0.391 e. The normalized spacial score (nSPS) is 9.83. The second-order valence-corrected chi connectivity index (χ2v) is 2.97. The molecule has 0 aromatic carbocycles. The number of hydrogen-bond acceptors (Lipinski definition) is 4. The SMILES string of the molecule is C=C(CO)C(N)=O.NC(=O)C=CCC=CC(N)=O. The van der Waals surface area contributed by atoms with Gasteiger partial charge in [0.1, 0.15) is 0 Å². The third kappa shape index (κ3) is 16.0. The zero-order valence-corrected chi connectivity index (χ0v) is 9.83. The van der Waals surface area contributed by atoms with Gasteiger partial charge in [0.2, 0.25) is 17.7 Å². The minimum atomic E-state index is -0.650. The summed E-state index contributed by atoms with van der Waals surface area (Å²) >= 11 is 0. The lowest BCUT2D eigenvalue weighted by atomic mass is 10.3. The molecule has 0 saturated carbocycles. The molecule has 0 unspecified atom stereocenters. The molecule has 0 spiro atoms. The van der Waals surface area contributed by atoms with Crippen molar-refractivity contribution in [1.82, 2.24) is 0 Å². The molecule has 0 rings (SSSR count). The van der Waals surface area contributed by atoms with Crippen molar-refractivity contribution in [2.75, 3.05) is 6.61 Å². The topological polar surface area (TPSA) is 150 Å². The molecule has 0 aromatic heterocycles. The van der Waals surface area contributed by atoms with E-state index >= 15 is 0 Å². The molecule has 0 bridgehead atoms. The van der Waals surface area contributed by atoms with E-state index in [1.165, 1.54) is 12.2 Å². The summed E-state index contributed by atoms with van der Waals surface area (Å²) in [4.78, 5) is 30.1. The van der Waals surface area contributed by atoms with Crippen LogP contribution in [0.3, 0.4) is 0 Å². The molecule has 0 aliphatic carbocycles. The van der Waals surface area contributed by atoms with Gasteiger partial charge in [-0.1, -0.05) is 18.7 Å². The van der Waals surface area contributed by atoms with Crippen LogP contribution in [0, 0.1) is 0 Å². The fourth-order valence-electron chi connectivity index (χ4n) is 0.525. The lowest BCUT2D eigenvalue weighted by Gasteiger charge is -1.88. The number of carbonyl (C=O) groups excluding carboxylic acids is 3. The highest BCUT2D eigenvalue weighted by molar-refractivity contribution is 5.91. The Balaban J connectivity index is 0. The predicted octanol–water partition coefficient (Wildman–Crippen LogP) is -1.52. The highest BCUT2D eigenvalue weighted by atomic mass is 16.3. The van der Waals surface area contributed by atoms with Crippen LogP contribution in [0.4, 0.5) is 0 Å². The monoisotopic (exact) mass is 255 g/mol. The van der Waals surface area contributed by atoms with Crippen LogP contribution in [0.15, 0.2) is 36.5 Å². The van der Waals surface area contributed by atoms with Crippen LogP contribution >= 0.6 is 0 Å². The number of rotatable bonds is 6. The summed E-state index contributed by atoms with van der Waals surface area (Å²) in [5, 5.41) is 8.10. The fourth-order valence-corrected chi connectivity index (χ4v) is 0.525. The number of primary amides is 3. The summed E-state index contributed by atoms with van der Waals surface area (Å²) in [5.41, 5.74) is 14.3. The summed E-state index contributed by atoms with van der Waals surface area (Å²) < 4.78 is 0. The van der Waals surface area contributed by atoms with Gasteiger partial charge in [0.15, 0.2) is 0 Å². The molecule has 7 N–H and O–H groups in total. The Hall–Kier alpha value is -2.41. The maximum atomic E-state index is 10.1. The van der Waals surface area contributed by atoms with Crippen LogP contribution in [-0.2, 0) is 14.4 Å². The highest BCUT2D eigenvalue weighted by Gasteiger charge is 1.94. The molecule has 0 saturated heterocycles. The van der Waals surface area contributed by atoms with Crippen molar-refractivity contribution in [2.24, 2.45) is 17.2 Å². The molecule has 0 fully saturated rings. The van der Waals surface area contributed by atoms with Gasteiger partial charge in [0.25, 0.3) is 0 Å². The predicted molar refractivity (Wildman–Crippen MR) is 66.7 cm³/mol. The minimum Gasteiger partial charge on any atom is -0.391 e. The number of amides is 3. The van der Waals surface area contributed by atoms with E-state index in [4.69, 9.17) is 16.6 Å². The molecule has 0 heterocycles. The quantitative estimate of drug-likeness (QED) is 0.426. The van der Waals surface area contributed by atoms with Crippen molar-refractivity contribution in [3.05, 3.63) is 36.5 Å². The maximum Gasteiger partial charge on any atom is 0.246 e. The van der Waals surface area contributed by atoms with Gasteiger partial charge in [-0.05, 0) is 18.6 Å².